The molecule has 2 unspecified atom stereocenters. The Morgan fingerprint density at radius 1 is 1.30 bits per heavy atom. The molecule has 110 valence electrons. The van der Waals surface area contributed by atoms with E-state index in [9.17, 15) is 13.6 Å². The quantitative estimate of drug-likeness (QED) is 0.871. The Balaban J connectivity index is 1.84. The first-order valence-electron chi connectivity index (χ1n) is 6.89. The molecule has 1 saturated carbocycles. The summed E-state index contributed by atoms with van der Waals surface area (Å²) < 4.78 is 24.8. The maximum atomic E-state index is 12.4. The summed E-state index contributed by atoms with van der Waals surface area (Å²) in [6, 6.07) is 6.43. The molecule has 1 aromatic carbocycles. The van der Waals surface area contributed by atoms with Crippen molar-refractivity contribution in [1.82, 2.24) is 5.32 Å². The van der Waals surface area contributed by atoms with Crippen LogP contribution in [0.25, 0.3) is 0 Å². The van der Waals surface area contributed by atoms with E-state index >= 15 is 0 Å². The van der Waals surface area contributed by atoms with Crippen molar-refractivity contribution >= 4 is 5.97 Å². The number of benzene rings is 1. The molecule has 0 aliphatic heterocycles. The lowest BCUT2D eigenvalue weighted by Crippen LogP contribution is -2.36. The zero-order chi connectivity index (χ0) is 14.5. The second kappa shape index (κ2) is 6.79. The molecule has 2 rings (SSSR count). The van der Waals surface area contributed by atoms with Crippen LogP contribution in [0.1, 0.15) is 43.2 Å². The van der Waals surface area contributed by atoms with Gasteiger partial charge in [-0.2, -0.15) is 0 Å². The first-order chi connectivity index (χ1) is 9.56. The highest BCUT2D eigenvalue weighted by Gasteiger charge is 2.26. The van der Waals surface area contributed by atoms with Gasteiger partial charge in [-0.15, -0.1) is 0 Å². The predicted molar refractivity (Wildman–Crippen MR) is 71.6 cm³/mol. The molecule has 0 aromatic heterocycles. The standard InChI is InChI=1S/C15H19F2NO2/c16-14(17)11-6-4-10(5-7-11)9-18-13-3-1-2-12(8-13)15(19)20/h4-7,12-14,18H,1-3,8-9H2,(H,19,20). The van der Waals surface area contributed by atoms with E-state index in [1.54, 1.807) is 12.1 Å². The lowest BCUT2D eigenvalue weighted by molar-refractivity contribution is -0.143. The maximum Gasteiger partial charge on any atom is 0.306 e. The van der Waals surface area contributed by atoms with Gasteiger partial charge in [0.2, 0.25) is 0 Å². The number of carboxylic acids is 1. The smallest absolute Gasteiger partial charge is 0.306 e. The van der Waals surface area contributed by atoms with Gasteiger partial charge < -0.3 is 10.4 Å². The highest BCUT2D eigenvalue weighted by Crippen LogP contribution is 2.25. The number of rotatable bonds is 5. The summed E-state index contributed by atoms with van der Waals surface area (Å²) in [7, 11) is 0. The molecular formula is C15H19F2NO2. The van der Waals surface area contributed by atoms with Crippen molar-refractivity contribution in [3.05, 3.63) is 35.4 Å². The van der Waals surface area contributed by atoms with E-state index < -0.39 is 12.4 Å². The third-order valence-corrected chi connectivity index (χ3v) is 3.85. The third kappa shape index (κ3) is 4.00. The van der Waals surface area contributed by atoms with Gasteiger partial charge in [-0.1, -0.05) is 30.7 Å². The summed E-state index contributed by atoms with van der Waals surface area (Å²) in [4.78, 5) is 11.0. The number of nitrogens with one attached hydrogen (secondary N) is 1. The minimum absolute atomic E-state index is 0.0253. The Labute approximate surface area is 117 Å². The van der Waals surface area contributed by atoms with E-state index in [0.717, 1.165) is 24.8 Å². The lowest BCUT2D eigenvalue weighted by Gasteiger charge is -2.27. The fourth-order valence-electron chi connectivity index (χ4n) is 2.64. The number of alkyl halides is 2. The van der Waals surface area contributed by atoms with Gasteiger partial charge in [0.25, 0.3) is 6.43 Å². The minimum Gasteiger partial charge on any atom is -0.481 e. The lowest BCUT2D eigenvalue weighted by atomic mass is 9.86. The van der Waals surface area contributed by atoms with Crippen LogP contribution < -0.4 is 5.32 Å². The molecule has 1 aliphatic carbocycles. The largest absolute Gasteiger partial charge is 0.481 e. The molecule has 1 aliphatic rings. The average Bonchev–Trinajstić information content (AvgIpc) is 2.46. The molecule has 1 aromatic rings. The third-order valence-electron chi connectivity index (χ3n) is 3.85. The van der Waals surface area contributed by atoms with Crippen molar-refractivity contribution in [2.45, 2.75) is 44.7 Å². The van der Waals surface area contributed by atoms with E-state index in [1.807, 2.05) is 0 Å². The molecule has 0 saturated heterocycles. The fraction of sp³-hybridized carbons (Fsp3) is 0.533. The van der Waals surface area contributed by atoms with Gasteiger partial charge in [-0.3, -0.25) is 4.79 Å². The average molecular weight is 283 g/mol. The predicted octanol–water partition coefficient (Wildman–Crippen LogP) is 3.36. The summed E-state index contributed by atoms with van der Waals surface area (Å²) in [5, 5.41) is 12.3. The molecule has 0 radical (unpaired) electrons. The zero-order valence-corrected chi connectivity index (χ0v) is 11.2. The molecule has 1 fully saturated rings. The number of halogens is 2. The highest BCUT2D eigenvalue weighted by molar-refractivity contribution is 5.70. The molecule has 0 bridgehead atoms. The molecule has 5 heteroatoms. The molecular weight excluding hydrogens is 264 g/mol. The van der Waals surface area contributed by atoms with Crippen molar-refractivity contribution in [2.24, 2.45) is 5.92 Å². The van der Waals surface area contributed by atoms with Crippen LogP contribution >= 0.6 is 0 Å². The van der Waals surface area contributed by atoms with Gasteiger partial charge in [-0.25, -0.2) is 8.78 Å². The second-order valence-corrected chi connectivity index (χ2v) is 5.32. The first kappa shape index (κ1) is 14.9. The van der Waals surface area contributed by atoms with Gasteiger partial charge in [0.05, 0.1) is 5.92 Å². The number of aliphatic carboxylic acids is 1. The molecule has 2 atom stereocenters. The number of hydrogen-bond acceptors (Lipinski definition) is 2. The Morgan fingerprint density at radius 2 is 2.00 bits per heavy atom. The van der Waals surface area contributed by atoms with Crippen LogP contribution in [0.4, 0.5) is 8.78 Å². The van der Waals surface area contributed by atoms with Gasteiger partial charge in [-0.05, 0) is 24.8 Å². The molecule has 0 spiro atoms. The summed E-state index contributed by atoms with van der Waals surface area (Å²) in [5.74, 6) is -0.986. The Morgan fingerprint density at radius 3 is 2.60 bits per heavy atom. The van der Waals surface area contributed by atoms with Crippen LogP contribution in [-0.4, -0.2) is 17.1 Å². The summed E-state index contributed by atoms with van der Waals surface area (Å²) >= 11 is 0. The minimum atomic E-state index is -2.44. The van der Waals surface area contributed by atoms with E-state index in [4.69, 9.17) is 5.11 Å². The van der Waals surface area contributed by atoms with Crippen LogP contribution in [-0.2, 0) is 11.3 Å². The van der Waals surface area contributed by atoms with Gasteiger partial charge in [0.15, 0.2) is 0 Å². The highest BCUT2D eigenvalue weighted by atomic mass is 19.3. The van der Waals surface area contributed by atoms with E-state index in [2.05, 4.69) is 5.32 Å². The van der Waals surface area contributed by atoms with E-state index in [1.165, 1.54) is 12.1 Å². The molecule has 2 N–H and O–H groups in total. The van der Waals surface area contributed by atoms with Crippen LogP contribution in [0, 0.1) is 5.92 Å². The van der Waals surface area contributed by atoms with Crippen molar-refractivity contribution < 1.29 is 18.7 Å². The molecule has 20 heavy (non-hydrogen) atoms. The SMILES string of the molecule is O=C(O)C1CCCC(NCc2ccc(C(F)F)cc2)C1. The zero-order valence-electron chi connectivity index (χ0n) is 11.2. The van der Waals surface area contributed by atoms with Crippen LogP contribution in [0.5, 0.6) is 0 Å². The summed E-state index contributed by atoms with van der Waals surface area (Å²) in [6.07, 6.45) is 0.838. The Bertz CT molecular complexity index is 448. The van der Waals surface area contributed by atoms with Crippen molar-refractivity contribution in [3.63, 3.8) is 0 Å². The van der Waals surface area contributed by atoms with Gasteiger partial charge in [0.1, 0.15) is 0 Å². The monoisotopic (exact) mass is 283 g/mol. The van der Waals surface area contributed by atoms with Crippen LogP contribution in [0.15, 0.2) is 24.3 Å². The van der Waals surface area contributed by atoms with Gasteiger partial charge >= 0.3 is 5.97 Å². The summed E-state index contributed by atoms with van der Waals surface area (Å²) in [5.41, 5.74) is 0.962. The molecule has 0 heterocycles. The number of carbonyl (C=O) groups is 1. The van der Waals surface area contributed by atoms with E-state index in [0.29, 0.717) is 13.0 Å². The van der Waals surface area contributed by atoms with Crippen molar-refractivity contribution in [3.8, 4) is 0 Å². The number of hydrogen-bond donors (Lipinski definition) is 2. The van der Waals surface area contributed by atoms with E-state index in [-0.39, 0.29) is 17.5 Å². The van der Waals surface area contributed by atoms with Gasteiger partial charge in [0, 0.05) is 18.2 Å². The first-order valence-corrected chi connectivity index (χ1v) is 6.89. The summed E-state index contributed by atoms with van der Waals surface area (Å²) in [6.45, 7) is 0.584. The topological polar surface area (TPSA) is 49.3 Å². The fourth-order valence-corrected chi connectivity index (χ4v) is 2.64. The van der Waals surface area contributed by atoms with Crippen LogP contribution in [0.3, 0.4) is 0 Å². The van der Waals surface area contributed by atoms with Crippen LogP contribution in [0.2, 0.25) is 0 Å². The Kier molecular flexibility index (Phi) is 5.06. The van der Waals surface area contributed by atoms with Crippen molar-refractivity contribution in [1.29, 1.82) is 0 Å². The Hall–Kier alpha value is -1.49. The number of carboxylic acid groups (broad SMARTS) is 1. The second-order valence-electron chi connectivity index (χ2n) is 5.32. The maximum absolute atomic E-state index is 12.4. The normalized spacial score (nSPS) is 22.9. The molecule has 0 amide bonds. The van der Waals surface area contributed by atoms with Crippen molar-refractivity contribution in [2.75, 3.05) is 0 Å². The molecule has 3 nitrogen and oxygen atoms in total.